The molecule has 3 fully saturated rings. The van der Waals surface area contributed by atoms with Crippen molar-refractivity contribution < 1.29 is 35.0 Å². The Balaban J connectivity index is 1.33. The molecule has 10 atom stereocenters. The third-order valence-electron chi connectivity index (χ3n) is 8.77. The summed E-state index contributed by atoms with van der Waals surface area (Å²) in [4.78, 5) is 0. The topological polar surface area (TPSA) is 120 Å². The fourth-order valence-electron chi connectivity index (χ4n) is 7.09. The van der Waals surface area contributed by atoms with Gasteiger partial charge in [0.1, 0.15) is 30.2 Å². The molecular weight excluding hydrogens is 400 g/mol. The van der Waals surface area contributed by atoms with E-state index in [1.54, 1.807) is 6.07 Å². The molecule has 5 rings (SSSR count). The lowest BCUT2D eigenvalue weighted by Crippen LogP contribution is -2.60. The molecule has 31 heavy (non-hydrogen) atoms. The minimum atomic E-state index is -1.41. The molecule has 4 aliphatic rings. The summed E-state index contributed by atoms with van der Waals surface area (Å²) in [5, 5.41) is 49.9. The average Bonchev–Trinajstić information content (AvgIpc) is 3.09. The standard InChI is InChI=1S/C24H34O7/c1-24-9-8-15-14-5-3-13(26)10-12(14)2-4-16(15)17(24)6-7-19(24)31-23-22(29)21(28)20(27)18(11-25)30-23/h3,5,10,15-23,25-29H,2,4,6-9,11H2,1H3/t15-,16-,17-,18+,19+,20+,21-,22-,23+,24+/m1/s1. The first-order valence-corrected chi connectivity index (χ1v) is 11.6. The number of hydrogen-bond donors (Lipinski definition) is 5. The molecule has 0 radical (unpaired) electrons. The maximum Gasteiger partial charge on any atom is 0.186 e. The van der Waals surface area contributed by atoms with E-state index in [2.05, 4.69) is 13.0 Å². The molecule has 0 unspecified atom stereocenters. The van der Waals surface area contributed by atoms with Gasteiger partial charge in [-0.15, -0.1) is 0 Å². The molecule has 7 heteroatoms. The van der Waals surface area contributed by atoms with Crippen molar-refractivity contribution in [3.8, 4) is 5.75 Å². The summed E-state index contributed by atoms with van der Waals surface area (Å²) in [6.45, 7) is 1.83. The number of hydrogen-bond acceptors (Lipinski definition) is 7. The van der Waals surface area contributed by atoms with Gasteiger partial charge >= 0.3 is 0 Å². The van der Waals surface area contributed by atoms with Crippen molar-refractivity contribution in [2.75, 3.05) is 6.61 Å². The van der Waals surface area contributed by atoms with Crippen molar-refractivity contribution in [2.24, 2.45) is 17.3 Å². The lowest BCUT2D eigenvalue weighted by molar-refractivity contribution is -0.319. The summed E-state index contributed by atoms with van der Waals surface area (Å²) in [7, 11) is 0. The lowest BCUT2D eigenvalue weighted by Gasteiger charge is -2.51. The second-order valence-corrected chi connectivity index (χ2v) is 10.2. The molecule has 172 valence electrons. The number of aliphatic hydroxyl groups is 4. The summed E-state index contributed by atoms with van der Waals surface area (Å²) in [5.74, 6) is 1.92. The van der Waals surface area contributed by atoms with Crippen LogP contribution in [0, 0.1) is 17.3 Å². The number of benzene rings is 1. The molecule has 0 bridgehead atoms. The molecule has 1 heterocycles. The van der Waals surface area contributed by atoms with Crippen molar-refractivity contribution >= 4 is 0 Å². The Kier molecular flexibility index (Phi) is 5.56. The maximum absolute atomic E-state index is 10.4. The number of rotatable bonds is 3. The van der Waals surface area contributed by atoms with Crippen LogP contribution in [0.15, 0.2) is 18.2 Å². The number of aliphatic hydroxyl groups excluding tert-OH is 4. The molecule has 0 aromatic heterocycles. The Labute approximate surface area is 182 Å². The predicted molar refractivity (Wildman–Crippen MR) is 111 cm³/mol. The van der Waals surface area contributed by atoms with Crippen LogP contribution in [0.2, 0.25) is 0 Å². The number of phenols is 1. The van der Waals surface area contributed by atoms with E-state index in [0.29, 0.717) is 23.5 Å². The van der Waals surface area contributed by atoms with Crippen molar-refractivity contribution in [1.29, 1.82) is 0 Å². The van der Waals surface area contributed by atoms with Crippen LogP contribution in [0.4, 0.5) is 0 Å². The van der Waals surface area contributed by atoms with Crippen LogP contribution in [-0.2, 0) is 15.9 Å². The number of phenolic OH excluding ortho intramolecular Hbond substituents is 1. The highest BCUT2D eigenvalue weighted by atomic mass is 16.7. The van der Waals surface area contributed by atoms with Crippen LogP contribution < -0.4 is 0 Å². The van der Waals surface area contributed by atoms with Crippen LogP contribution in [0.1, 0.15) is 56.1 Å². The Hall–Kier alpha value is -1.22. The number of aryl methyl sites for hydroxylation is 1. The lowest BCUT2D eigenvalue weighted by atomic mass is 9.55. The Morgan fingerprint density at radius 1 is 1.06 bits per heavy atom. The first-order valence-electron chi connectivity index (χ1n) is 11.6. The maximum atomic E-state index is 10.4. The first kappa shape index (κ1) is 21.6. The summed E-state index contributed by atoms with van der Waals surface area (Å²) in [6, 6.07) is 5.81. The smallest absolute Gasteiger partial charge is 0.186 e. The van der Waals surface area contributed by atoms with Crippen LogP contribution in [0.5, 0.6) is 5.75 Å². The minimum absolute atomic E-state index is 0.0472. The summed E-state index contributed by atoms with van der Waals surface area (Å²) in [6.07, 6.45) is -0.206. The highest BCUT2D eigenvalue weighted by molar-refractivity contribution is 5.40. The van der Waals surface area contributed by atoms with Crippen molar-refractivity contribution in [3.63, 3.8) is 0 Å². The van der Waals surface area contributed by atoms with Crippen molar-refractivity contribution in [2.45, 2.75) is 88.2 Å². The molecule has 1 saturated heterocycles. The van der Waals surface area contributed by atoms with Crippen molar-refractivity contribution in [3.05, 3.63) is 29.3 Å². The molecule has 1 aromatic carbocycles. The molecular formula is C24H34O7. The van der Waals surface area contributed by atoms with E-state index < -0.39 is 37.3 Å². The second kappa shape index (κ2) is 7.97. The van der Waals surface area contributed by atoms with Crippen LogP contribution in [0.25, 0.3) is 0 Å². The molecule has 0 amide bonds. The van der Waals surface area contributed by atoms with Gasteiger partial charge < -0.3 is 35.0 Å². The number of aromatic hydroxyl groups is 1. The molecule has 3 aliphatic carbocycles. The number of fused-ring (bicyclic) bond motifs is 5. The fraction of sp³-hybridized carbons (Fsp3) is 0.750. The third-order valence-corrected chi connectivity index (χ3v) is 8.77. The van der Waals surface area contributed by atoms with E-state index >= 15 is 0 Å². The van der Waals surface area contributed by atoms with E-state index in [4.69, 9.17) is 9.47 Å². The molecule has 7 nitrogen and oxygen atoms in total. The molecule has 0 spiro atoms. The van der Waals surface area contributed by atoms with Crippen LogP contribution in [0.3, 0.4) is 0 Å². The normalized spacial score (nSPS) is 46.8. The monoisotopic (exact) mass is 434 g/mol. The third kappa shape index (κ3) is 3.41. The van der Waals surface area contributed by atoms with Crippen LogP contribution in [-0.4, -0.2) is 68.9 Å². The second-order valence-electron chi connectivity index (χ2n) is 10.2. The van der Waals surface area contributed by atoms with Gasteiger partial charge in [-0.05, 0) is 85.0 Å². The van der Waals surface area contributed by atoms with E-state index in [-0.39, 0.29) is 11.5 Å². The predicted octanol–water partition coefficient (Wildman–Crippen LogP) is 1.43. The highest BCUT2D eigenvalue weighted by Crippen LogP contribution is 2.61. The largest absolute Gasteiger partial charge is 0.508 e. The number of ether oxygens (including phenoxy) is 2. The van der Waals surface area contributed by atoms with Crippen LogP contribution >= 0.6 is 0 Å². The summed E-state index contributed by atoms with van der Waals surface area (Å²) < 4.78 is 11.9. The van der Waals surface area contributed by atoms with Gasteiger partial charge in [0.25, 0.3) is 0 Å². The van der Waals surface area contributed by atoms with Gasteiger partial charge in [0.15, 0.2) is 6.29 Å². The van der Waals surface area contributed by atoms with Gasteiger partial charge in [-0.25, -0.2) is 0 Å². The van der Waals surface area contributed by atoms with E-state index in [1.807, 2.05) is 6.07 Å². The van der Waals surface area contributed by atoms with E-state index in [9.17, 15) is 25.5 Å². The van der Waals surface area contributed by atoms with E-state index in [1.165, 1.54) is 11.1 Å². The zero-order valence-corrected chi connectivity index (χ0v) is 17.9. The first-order chi connectivity index (χ1) is 14.8. The molecule has 1 aliphatic heterocycles. The fourth-order valence-corrected chi connectivity index (χ4v) is 7.09. The Morgan fingerprint density at radius 2 is 1.87 bits per heavy atom. The average molecular weight is 435 g/mol. The highest BCUT2D eigenvalue weighted by Gasteiger charge is 2.57. The summed E-state index contributed by atoms with van der Waals surface area (Å²) >= 11 is 0. The molecule has 2 saturated carbocycles. The SMILES string of the molecule is C[C@]12CC[C@@H]3c4ccc(O)cc4CC[C@H]3[C@H]1CC[C@@H]2O[C@@H]1O[C@@H](CO)[C@H](O)[C@@H](O)[C@H]1O. The van der Waals surface area contributed by atoms with Gasteiger partial charge in [0.05, 0.1) is 12.7 Å². The summed E-state index contributed by atoms with van der Waals surface area (Å²) in [5.41, 5.74) is 2.61. The van der Waals surface area contributed by atoms with Crippen molar-refractivity contribution in [1.82, 2.24) is 0 Å². The van der Waals surface area contributed by atoms with Gasteiger partial charge in [0, 0.05) is 0 Å². The quantitative estimate of drug-likeness (QED) is 0.488. The molecule has 5 N–H and O–H groups in total. The van der Waals surface area contributed by atoms with E-state index in [0.717, 1.165) is 38.5 Å². The van der Waals surface area contributed by atoms with Gasteiger partial charge in [-0.1, -0.05) is 13.0 Å². The Morgan fingerprint density at radius 3 is 2.65 bits per heavy atom. The van der Waals surface area contributed by atoms with Gasteiger partial charge in [0.2, 0.25) is 0 Å². The zero-order valence-electron chi connectivity index (χ0n) is 17.9. The minimum Gasteiger partial charge on any atom is -0.508 e. The van der Waals surface area contributed by atoms with Gasteiger partial charge in [-0.2, -0.15) is 0 Å². The molecule has 1 aromatic rings. The Bertz CT molecular complexity index is 813. The zero-order chi connectivity index (χ0) is 21.9. The van der Waals surface area contributed by atoms with Gasteiger partial charge in [-0.3, -0.25) is 0 Å².